The van der Waals surface area contributed by atoms with Crippen molar-refractivity contribution in [1.29, 1.82) is 0 Å². The highest BCUT2D eigenvalue weighted by Crippen LogP contribution is 2.31. The van der Waals surface area contributed by atoms with Gasteiger partial charge in [-0.05, 0) is 117 Å². The van der Waals surface area contributed by atoms with Crippen molar-refractivity contribution in [3.05, 3.63) is 68.8 Å². The molecule has 0 spiro atoms. The molecule has 202 valence electrons. The van der Waals surface area contributed by atoms with Gasteiger partial charge in [-0.25, -0.2) is 0 Å². The second-order valence-electron chi connectivity index (χ2n) is 10.8. The lowest BCUT2D eigenvalue weighted by atomic mass is 9.78. The van der Waals surface area contributed by atoms with E-state index in [2.05, 4.69) is 58.9 Å². The van der Waals surface area contributed by atoms with E-state index in [-0.39, 0.29) is 5.92 Å². The molecule has 0 radical (unpaired) electrons. The van der Waals surface area contributed by atoms with Gasteiger partial charge in [-0.2, -0.15) is 0 Å². The largest absolute Gasteiger partial charge is 0.394 e. The topological polar surface area (TPSA) is 121 Å². The van der Waals surface area contributed by atoms with Crippen LogP contribution in [0.25, 0.3) is 0 Å². The molecule has 0 saturated carbocycles. The monoisotopic (exact) mass is 502 g/mol. The summed E-state index contributed by atoms with van der Waals surface area (Å²) in [7, 11) is 0. The number of benzene rings is 2. The molecule has 0 bridgehead atoms. The summed E-state index contributed by atoms with van der Waals surface area (Å²) in [6.45, 7) is 13.8. The molecule has 2 aromatic carbocycles. The smallest absolute Gasteiger partial charge is 0.111 e. The minimum atomic E-state index is -1.80. The Morgan fingerprint density at radius 3 is 1.47 bits per heavy atom. The van der Waals surface area contributed by atoms with Gasteiger partial charge in [0.15, 0.2) is 0 Å². The van der Waals surface area contributed by atoms with Gasteiger partial charge in [-0.15, -0.1) is 0 Å². The maximum Gasteiger partial charge on any atom is 0.111 e. The fraction of sp³-hybridized carbons (Fsp3) is 0.600. The number of aliphatic hydroxyl groups excluding tert-OH is 6. The first-order valence-corrected chi connectivity index (χ1v) is 12.9. The van der Waals surface area contributed by atoms with Crippen LogP contribution in [0.2, 0.25) is 0 Å². The molecule has 36 heavy (non-hydrogen) atoms. The quantitative estimate of drug-likeness (QED) is 0.265. The molecule has 6 N–H and O–H groups in total. The Balaban J connectivity index is 2.36. The molecule has 0 heterocycles. The summed E-state index contributed by atoms with van der Waals surface area (Å²) in [5.41, 5.74) is 9.50. The van der Waals surface area contributed by atoms with Crippen LogP contribution in [0.3, 0.4) is 0 Å². The number of aliphatic hydroxyl groups is 6. The molecule has 0 aliphatic heterocycles. The maximum absolute atomic E-state index is 11.3. The van der Waals surface area contributed by atoms with Crippen molar-refractivity contribution in [1.82, 2.24) is 0 Å². The van der Waals surface area contributed by atoms with Crippen molar-refractivity contribution in [2.75, 3.05) is 6.61 Å². The zero-order chi connectivity index (χ0) is 27.3. The third-order valence-corrected chi connectivity index (χ3v) is 8.05. The van der Waals surface area contributed by atoms with E-state index < -0.39 is 43.0 Å². The second-order valence-corrected chi connectivity index (χ2v) is 10.8. The van der Waals surface area contributed by atoms with Crippen LogP contribution in [0.1, 0.15) is 57.9 Å². The van der Waals surface area contributed by atoms with Crippen molar-refractivity contribution < 1.29 is 30.6 Å². The summed E-state index contributed by atoms with van der Waals surface area (Å²) < 4.78 is 0. The molecule has 0 saturated heterocycles. The van der Waals surface area contributed by atoms with Gasteiger partial charge in [0, 0.05) is 0 Å². The van der Waals surface area contributed by atoms with Gasteiger partial charge in [-0.1, -0.05) is 31.2 Å². The molecule has 6 nitrogen and oxygen atoms in total. The van der Waals surface area contributed by atoms with Crippen LogP contribution >= 0.6 is 0 Å². The first kappa shape index (κ1) is 30.4. The van der Waals surface area contributed by atoms with Crippen LogP contribution in [0.15, 0.2) is 24.3 Å². The lowest BCUT2D eigenvalue weighted by Crippen LogP contribution is -2.52. The Bertz CT molecular complexity index is 1000. The second kappa shape index (κ2) is 13.1. The van der Waals surface area contributed by atoms with Gasteiger partial charge in [0.2, 0.25) is 0 Å². The predicted molar refractivity (Wildman–Crippen MR) is 143 cm³/mol. The van der Waals surface area contributed by atoms with Crippen LogP contribution in [0.4, 0.5) is 0 Å². The predicted octanol–water partition coefficient (Wildman–Crippen LogP) is 2.76. The highest BCUT2D eigenvalue weighted by Gasteiger charge is 2.38. The summed E-state index contributed by atoms with van der Waals surface area (Å²) >= 11 is 0. The Morgan fingerprint density at radius 1 is 0.583 bits per heavy atom. The van der Waals surface area contributed by atoms with Crippen LogP contribution in [0.5, 0.6) is 0 Å². The van der Waals surface area contributed by atoms with E-state index in [1.807, 2.05) is 13.8 Å². The van der Waals surface area contributed by atoms with Crippen molar-refractivity contribution in [2.45, 2.75) is 98.2 Å². The summed E-state index contributed by atoms with van der Waals surface area (Å²) in [5.74, 6) is -0.237. The van der Waals surface area contributed by atoms with Crippen molar-refractivity contribution >= 4 is 0 Å². The SMILES string of the molecule is Cc1ccc(C)c(CC(C)CC(Cc2c(C)ccc(C)c2C)C(O)[C@@H](O)[C@@H](O)[C@H](O)[C@@H](O)CO)c1C. The van der Waals surface area contributed by atoms with Crippen LogP contribution in [-0.4, -0.2) is 67.8 Å². The van der Waals surface area contributed by atoms with Crippen molar-refractivity contribution in [3.8, 4) is 0 Å². The normalized spacial score (nSPS) is 17.8. The summed E-state index contributed by atoms with van der Waals surface area (Å²) in [6, 6.07) is 8.37. The molecule has 0 fully saturated rings. The Kier molecular flexibility index (Phi) is 11.1. The summed E-state index contributed by atoms with van der Waals surface area (Å²) in [4.78, 5) is 0. The number of rotatable bonds is 12. The van der Waals surface area contributed by atoms with Gasteiger partial charge < -0.3 is 30.6 Å². The zero-order valence-corrected chi connectivity index (χ0v) is 22.9. The molecule has 7 atom stereocenters. The van der Waals surface area contributed by atoms with E-state index in [9.17, 15) is 25.5 Å². The van der Waals surface area contributed by atoms with Gasteiger partial charge in [0.1, 0.15) is 24.4 Å². The molecule has 2 aromatic rings. The molecule has 0 aliphatic rings. The summed E-state index contributed by atoms with van der Waals surface area (Å²) in [5, 5.41) is 61.5. The Hall–Kier alpha value is -1.80. The van der Waals surface area contributed by atoms with Crippen LogP contribution in [0, 0.1) is 53.4 Å². The van der Waals surface area contributed by atoms with Gasteiger partial charge >= 0.3 is 0 Å². The fourth-order valence-corrected chi connectivity index (χ4v) is 5.22. The zero-order valence-electron chi connectivity index (χ0n) is 22.9. The van der Waals surface area contributed by atoms with Gasteiger partial charge in [0.25, 0.3) is 0 Å². The van der Waals surface area contributed by atoms with E-state index in [0.29, 0.717) is 12.8 Å². The van der Waals surface area contributed by atoms with E-state index >= 15 is 0 Å². The Labute approximate surface area is 216 Å². The highest BCUT2D eigenvalue weighted by molar-refractivity contribution is 5.40. The number of hydrogen-bond donors (Lipinski definition) is 6. The van der Waals surface area contributed by atoms with E-state index in [1.165, 1.54) is 22.3 Å². The van der Waals surface area contributed by atoms with Crippen molar-refractivity contribution in [3.63, 3.8) is 0 Å². The molecule has 0 amide bonds. The summed E-state index contributed by atoms with van der Waals surface area (Å²) in [6.07, 6.45) is -6.33. The first-order chi connectivity index (χ1) is 16.8. The maximum atomic E-state index is 11.3. The molecule has 6 heteroatoms. The average Bonchev–Trinajstić information content (AvgIpc) is 2.85. The number of aryl methyl sites for hydroxylation is 4. The van der Waals surface area contributed by atoms with E-state index in [1.54, 1.807) is 0 Å². The highest BCUT2D eigenvalue weighted by atomic mass is 16.4. The molecule has 2 rings (SSSR count). The van der Waals surface area contributed by atoms with E-state index in [4.69, 9.17) is 5.11 Å². The third-order valence-electron chi connectivity index (χ3n) is 8.05. The van der Waals surface area contributed by atoms with Gasteiger partial charge in [-0.3, -0.25) is 0 Å². The lowest BCUT2D eigenvalue weighted by Gasteiger charge is -2.34. The van der Waals surface area contributed by atoms with Crippen LogP contribution < -0.4 is 0 Å². The molecule has 3 unspecified atom stereocenters. The van der Waals surface area contributed by atoms with Gasteiger partial charge in [0.05, 0.1) is 12.7 Å². The molecular formula is C30H46O6. The lowest BCUT2D eigenvalue weighted by molar-refractivity contribution is -0.149. The first-order valence-electron chi connectivity index (χ1n) is 12.9. The fourth-order valence-electron chi connectivity index (χ4n) is 5.22. The standard InChI is InChI=1S/C30H46O6/c1-16(13-24-19(4)10-8-17(2)21(24)6)12-23(14-25-20(5)11-9-18(3)22(25)7)27(33)29(35)30(36)28(34)26(32)15-31/h8-11,16,23,26-36H,12-15H2,1-7H3/t16?,23?,26-,27?,28+,29+,30-/m0/s1. The van der Waals surface area contributed by atoms with Crippen LogP contribution in [-0.2, 0) is 12.8 Å². The average molecular weight is 503 g/mol. The Morgan fingerprint density at radius 2 is 1.00 bits per heavy atom. The van der Waals surface area contributed by atoms with E-state index in [0.717, 1.165) is 28.7 Å². The third kappa shape index (κ3) is 7.15. The molecular weight excluding hydrogens is 456 g/mol. The minimum absolute atomic E-state index is 0.173. The minimum Gasteiger partial charge on any atom is -0.394 e. The molecule has 0 aromatic heterocycles. The molecule has 0 aliphatic carbocycles. The number of hydrogen-bond acceptors (Lipinski definition) is 6. The van der Waals surface area contributed by atoms with Crippen molar-refractivity contribution in [2.24, 2.45) is 11.8 Å².